The van der Waals surface area contributed by atoms with Gasteiger partial charge in [-0.2, -0.15) is 0 Å². The molecule has 4 nitrogen and oxygen atoms in total. The molecule has 1 unspecified atom stereocenters. The Kier molecular flexibility index (Phi) is 5.36. The van der Waals surface area contributed by atoms with E-state index in [1.165, 1.54) is 12.1 Å². The van der Waals surface area contributed by atoms with E-state index in [0.29, 0.717) is 19.1 Å². The molecule has 2 heterocycles. The molecule has 2 aliphatic rings. The predicted octanol–water partition coefficient (Wildman–Crippen LogP) is 4.24. The molecule has 1 atom stereocenters. The SMILES string of the molecule is CN(C)C1CCN(c2cc(I)c3c(c2)CN(Cc2ccc(Cl)cc2)C3=O)C1. The van der Waals surface area contributed by atoms with Crippen LogP contribution in [0.25, 0.3) is 0 Å². The molecule has 0 aromatic heterocycles. The maximum atomic E-state index is 12.9. The number of carbonyl (C=O) groups is 1. The number of hydrogen-bond acceptors (Lipinski definition) is 3. The molecule has 1 fully saturated rings. The maximum Gasteiger partial charge on any atom is 0.255 e. The lowest BCUT2D eigenvalue weighted by Crippen LogP contribution is -2.31. The molecule has 0 bridgehead atoms. The van der Waals surface area contributed by atoms with Gasteiger partial charge in [-0.1, -0.05) is 23.7 Å². The molecular formula is C21H23ClIN3O. The summed E-state index contributed by atoms with van der Waals surface area (Å²) in [7, 11) is 4.29. The van der Waals surface area contributed by atoms with E-state index in [1.54, 1.807) is 0 Å². The maximum absolute atomic E-state index is 12.9. The fraction of sp³-hybridized carbons (Fsp3) is 0.381. The van der Waals surface area contributed by atoms with Gasteiger partial charge in [0.1, 0.15) is 0 Å². The zero-order chi connectivity index (χ0) is 19.1. The molecule has 1 saturated heterocycles. The number of benzene rings is 2. The lowest BCUT2D eigenvalue weighted by molar-refractivity contribution is 0.0766. The van der Waals surface area contributed by atoms with E-state index in [-0.39, 0.29) is 5.91 Å². The average molecular weight is 496 g/mol. The lowest BCUT2D eigenvalue weighted by atomic mass is 10.1. The van der Waals surface area contributed by atoms with Gasteiger partial charge in [0, 0.05) is 46.5 Å². The van der Waals surface area contributed by atoms with Crippen LogP contribution in [0.2, 0.25) is 5.02 Å². The normalized spacial score (nSPS) is 19.3. The number of carbonyl (C=O) groups excluding carboxylic acids is 1. The molecular weight excluding hydrogens is 473 g/mol. The number of nitrogens with zero attached hydrogens (tertiary/aromatic N) is 3. The molecule has 4 rings (SSSR count). The Bertz CT molecular complexity index is 868. The number of rotatable bonds is 4. The number of amides is 1. The third-order valence-corrected chi connectivity index (χ3v) is 6.67. The summed E-state index contributed by atoms with van der Waals surface area (Å²) in [5.74, 6) is 0.128. The summed E-state index contributed by atoms with van der Waals surface area (Å²) in [6, 6.07) is 12.7. The van der Waals surface area contributed by atoms with Crippen molar-refractivity contribution < 1.29 is 4.79 Å². The fourth-order valence-corrected chi connectivity index (χ4v) is 4.99. The lowest BCUT2D eigenvalue weighted by Gasteiger charge is -2.22. The first kappa shape index (κ1) is 19.0. The third-order valence-electron chi connectivity index (χ3n) is 5.56. The van der Waals surface area contributed by atoms with Crippen molar-refractivity contribution in [1.29, 1.82) is 0 Å². The summed E-state index contributed by atoms with van der Waals surface area (Å²) in [6.45, 7) is 3.40. The van der Waals surface area contributed by atoms with Crippen LogP contribution < -0.4 is 4.90 Å². The molecule has 1 amide bonds. The summed E-state index contributed by atoms with van der Waals surface area (Å²) in [5, 5.41) is 0.718. The molecule has 27 heavy (non-hydrogen) atoms. The van der Waals surface area contributed by atoms with Crippen molar-refractivity contribution in [2.24, 2.45) is 0 Å². The van der Waals surface area contributed by atoms with Crippen LogP contribution in [0.5, 0.6) is 0 Å². The molecule has 0 aliphatic carbocycles. The van der Waals surface area contributed by atoms with Crippen LogP contribution in [-0.4, -0.2) is 48.9 Å². The molecule has 2 aromatic rings. The van der Waals surface area contributed by atoms with E-state index >= 15 is 0 Å². The summed E-state index contributed by atoms with van der Waals surface area (Å²) in [6.07, 6.45) is 1.18. The van der Waals surface area contributed by atoms with Crippen molar-refractivity contribution in [2.45, 2.75) is 25.6 Å². The highest BCUT2D eigenvalue weighted by Crippen LogP contribution is 2.34. The van der Waals surface area contributed by atoms with Gasteiger partial charge in [-0.3, -0.25) is 4.79 Å². The van der Waals surface area contributed by atoms with Gasteiger partial charge in [0.05, 0.1) is 5.56 Å². The highest BCUT2D eigenvalue weighted by Gasteiger charge is 2.32. The Balaban J connectivity index is 1.54. The van der Waals surface area contributed by atoms with Crippen LogP contribution in [-0.2, 0) is 13.1 Å². The minimum absolute atomic E-state index is 0.128. The first-order chi connectivity index (χ1) is 12.9. The standard InChI is InChI=1S/C21H23ClIN3O/c1-24(2)17-7-8-25(13-17)18-9-15-12-26(21(27)20(15)19(23)10-18)11-14-3-5-16(22)6-4-14/h3-6,9-10,17H,7-8,11-13H2,1-2H3. The van der Waals surface area contributed by atoms with Crippen molar-refractivity contribution in [2.75, 3.05) is 32.1 Å². The second-order valence-corrected chi connectivity index (χ2v) is 9.20. The summed E-state index contributed by atoms with van der Waals surface area (Å²) in [4.78, 5) is 19.6. The number of halogens is 2. The zero-order valence-electron chi connectivity index (χ0n) is 15.6. The molecule has 2 aromatic carbocycles. The summed E-state index contributed by atoms with van der Waals surface area (Å²) in [5.41, 5.74) is 4.36. The number of likely N-dealkylation sites (N-methyl/N-ethyl adjacent to an activating group) is 1. The molecule has 0 N–H and O–H groups in total. The van der Waals surface area contributed by atoms with Crippen LogP contribution >= 0.6 is 34.2 Å². The van der Waals surface area contributed by atoms with E-state index in [9.17, 15) is 4.79 Å². The monoisotopic (exact) mass is 495 g/mol. The quantitative estimate of drug-likeness (QED) is 0.594. The summed E-state index contributed by atoms with van der Waals surface area (Å²) < 4.78 is 1.05. The van der Waals surface area contributed by atoms with Crippen LogP contribution in [0.3, 0.4) is 0 Å². The smallest absolute Gasteiger partial charge is 0.255 e. The van der Waals surface area contributed by atoms with Gasteiger partial charge in [0.15, 0.2) is 0 Å². The van der Waals surface area contributed by atoms with E-state index in [0.717, 1.165) is 38.4 Å². The van der Waals surface area contributed by atoms with Crippen molar-refractivity contribution in [3.05, 3.63) is 61.7 Å². The Morgan fingerprint density at radius 2 is 1.96 bits per heavy atom. The van der Waals surface area contributed by atoms with Gasteiger partial charge in [0.25, 0.3) is 5.91 Å². The van der Waals surface area contributed by atoms with E-state index in [2.05, 4.69) is 58.6 Å². The highest BCUT2D eigenvalue weighted by molar-refractivity contribution is 14.1. The van der Waals surface area contributed by atoms with Crippen molar-refractivity contribution >= 4 is 45.8 Å². The predicted molar refractivity (Wildman–Crippen MR) is 118 cm³/mol. The topological polar surface area (TPSA) is 26.8 Å². The molecule has 0 saturated carbocycles. The minimum Gasteiger partial charge on any atom is -0.370 e. The number of anilines is 1. The van der Waals surface area contributed by atoms with Crippen LogP contribution in [0, 0.1) is 3.57 Å². The first-order valence-electron chi connectivity index (χ1n) is 9.20. The second kappa shape index (κ2) is 7.60. The van der Waals surface area contributed by atoms with Crippen molar-refractivity contribution in [1.82, 2.24) is 9.80 Å². The van der Waals surface area contributed by atoms with Gasteiger partial charge < -0.3 is 14.7 Å². The third kappa shape index (κ3) is 3.82. The van der Waals surface area contributed by atoms with E-state index in [1.807, 2.05) is 29.2 Å². The number of hydrogen-bond donors (Lipinski definition) is 0. The molecule has 2 aliphatic heterocycles. The van der Waals surface area contributed by atoms with Crippen LogP contribution in [0.1, 0.15) is 27.9 Å². The minimum atomic E-state index is 0.128. The van der Waals surface area contributed by atoms with Gasteiger partial charge >= 0.3 is 0 Å². The Morgan fingerprint density at radius 3 is 2.63 bits per heavy atom. The van der Waals surface area contributed by atoms with E-state index < -0.39 is 0 Å². The van der Waals surface area contributed by atoms with Crippen LogP contribution in [0.15, 0.2) is 36.4 Å². The Hall–Kier alpha value is -1.31. The Labute approximate surface area is 179 Å². The van der Waals surface area contributed by atoms with Gasteiger partial charge in [0.2, 0.25) is 0 Å². The molecule has 0 spiro atoms. The number of fused-ring (bicyclic) bond motifs is 1. The van der Waals surface area contributed by atoms with E-state index in [4.69, 9.17) is 11.6 Å². The second-order valence-electron chi connectivity index (χ2n) is 7.60. The molecule has 0 radical (unpaired) electrons. The molecule has 142 valence electrons. The average Bonchev–Trinajstić information content (AvgIpc) is 3.23. The highest BCUT2D eigenvalue weighted by atomic mass is 127. The van der Waals surface area contributed by atoms with Crippen LogP contribution in [0.4, 0.5) is 5.69 Å². The Morgan fingerprint density at radius 1 is 1.22 bits per heavy atom. The van der Waals surface area contributed by atoms with Crippen molar-refractivity contribution in [3.8, 4) is 0 Å². The molecule has 6 heteroatoms. The first-order valence-corrected chi connectivity index (χ1v) is 10.7. The van der Waals surface area contributed by atoms with Crippen molar-refractivity contribution in [3.63, 3.8) is 0 Å². The summed E-state index contributed by atoms with van der Waals surface area (Å²) >= 11 is 8.29. The van der Waals surface area contributed by atoms with Gasteiger partial charge in [-0.25, -0.2) is 0 Å². The van der Waals surface area contributed by atoms with Gasteiger partial charge in [-0.15, -0.1) is 0 Å². The largest absolute Gasteiger partial charge is 0.370 e. The zero-order valence-corrected chi connectivity index (χ0v) is 18.5. The fourth-order valence-electron chi connectivity index (χ4n) is 3.97. The van der Waals surface area contributed by atoms with Gasteiger partial charge in [-0.05, 0) is 78.5 Å².